The number of nitrogens with one attached hydrogen (secondary N) is 1. The molecule has 19 heavy (non-hydrogen) atoms. The van der Waals surface area contributed by atoms with Crippen LogP contribution in [0.1, 0.15) is 50.6 Å². The van der Waals surface area contributed by atoms with Crippen LogP contribution >= 0.6 is 0 Å². The van der Waals surface area contributed by atoms with Crippen LogP contribution in [0, 0.1) is 11.7 Å². The second-order valence-electron chi connectivity index (χ2n) is 5.72. The van der Waals surface area contributed by atoms with Gasteiger partial charge >= 0.3 is 0 Å². The van der Waals surface area contributed by atoms with Crippen molar-refractivity contribution in [2.45, 2.75) is 51.2 Å². The van der Waals surface area contributed by atoms with E-state index in [1.54, 1.807) is 12.1 Å². The van der Waals surface area contributed by atoms with Gasteiger partial charge in [0, 0.05) is 12.6 Å². The fourth-order valence-corrected chi connectivity index (χ4v) is 2.90. The van der Waals surface area contributed by atoms with Gasteiger partial charge in [0.2, 0.25) is 0 Å². The number of hydrogen-bond acceptors (Lipinski definition) is 2. The van der Waals surface area contributed by atoms with Crippen molar-refractivity contribution in [1.29, 1.82) is 0 Å². The summed E-state index contributed by atoms with van der Waals surface area (Å²) in [6, 6.07) is 6.66. The third kappa shape index (κ3) is 4.59. The zero-order valence-electron chi connectivity index (χ0n) is 11.6. The maximum atomic E-state index is 12.8. The Labute approximate surface area is 115 Å². The normalized spacial score (nSPS) is 19.5. The molecule has 1 fully saturated rings. The molecular weight excluding hydrogens is 241 g/mol. The number of rotatable bonds is 6. The Hall–Kier alpha value is -0.930. The number of aliphatic hydroxyl groups excluding tert-OH is 1. The van der Waals surface area contributed by atoms with E-state index in [9.17, 15) is 9.50 Å². The standard InChI is InChI=1S/C16H24FNO/c1-12(14-6-8-15(17)9-7-14)18-11-16(19)10-13-4-2-3-5-13/h6-9,12-13,16,18-19H,2-5,10-11H2,1H3/t12-,16?/m0/s1. The van der Waals surface area contributed by atoms with Gasteiger partial charge in [-0.05, 0) is 37.0 Å². The highest BCUT2D eigenvalue weighted by Gasteiger charge is 2.19. The highest BCUT2D eigenvalue weighted by atomic mass is 19.1. The van der Waals surface area contributed by atoms with E-state index >= 15 is 0 Å². The summed E-state index contributed by atoms with van der Waals surface area (Å²) in [5.74, 6) is 0.496. The van der Waals surface area contributed by atoms with Gasteiger partial charge in [0.05, 0.1) is 6.10 Å². The molecule has 2 rings (SSSR count). The van der Waals surface area contributed by atoms with Crippen molar-refractivity contribution in [3.8, 4) is 0 Å². The van der Waals surface area contributed by atoms with E-state index in [0.29, 0.717) is 12.5 Å². The Bertz CT molecular complexity index is 373. The van der Waals surface area contributed by atoms with Crippen LogP contribution in [-0.2, 0) is 0 Å². The summed E-state index contributed by atoms with van der Waals surface area (Å²) in [5.41, 5.74) is 1.05. The molecule has 1 saturated carbocycles. The van der Waals surface area contributed by atoms with Gasteiger partial charge in [-0.15, -0.1) is 0 Å². The zero-order chi connectivity index (χ0) is 13.7. The Balaban J connectivity index is 1.73. The first-order chi connectivity index (χ1) is 9.15. The molecule has 3 heteroatoms. The molecule has 0 aliphatic heterocycles. The van der Waals surface area contributed by atoms with Crippen molar-refractivity contribution in [2.24, 2.45) is 5.92 Å². The topological polar surface area (TPSA) is 32.3 Å². The zero-order valence-corrected chi connectivity index (χ0v) is 11.6. The molecule has 2 nitrogen and oxygen atoms in total. The predicted octanol–water partition coefficient (Wildman–Crippen LogP) is 3.42. The molecule has 0 spiro atoms. The molecule has 106 valence electrons. The van der Waals surface area contributed by atoms with Crippen LogP contribution in [0.4, 0.5) is 4.39 Å². The van der Waals surface area contributed by atoms with E-state index < -0.39 is 0 Å². The summed E-state index contributed by atoms with van der Waals surface area (Å²) >= 11 is 0. The van der Waals surface area contributed by atoms with Crippen molar-refractivity contribution in [3.05, 3.63) is 35.6 Å². The minimum Gasteiger partial charge on any atom is -0.392 e. The minimum atomic E-state index is -0.272. The summed E-state index contributed by atoms with van der Waals surface area (Å²) in [7, 11) is 0. The Morgan fingerprint density at radius 3 is 2.53 bits per heavy atom. The molecule has 2 N–H and O–H groups in total. The Morgan fingerprint density at radius 2 is 1.89 bits per heavy atom. The van der Waals surface area contributed by atoms with Gasteiger partial charge in [0.25, 0.3) is 0 Å². The Kier molecular flexibility index (Phi) is 5.34. The fourth-order valence-electron chi connectivity index (χ4n) is 2.90. The van der Waals surface area contributed by atoms with Gasteiger partial charge in [-0.3, -0.25) is 0 Å². The molecular formula is C16H24FNO. The summed E-state index contributed by atoms with van der Waals surface area (Å²) in [6.45, 7) is 2.64. The van der Waals surface area contributed by atoms with Crippen LogP contribution in [0.15, 0.2) is 24.3 Å². The first-order valence-electron chi connectivity index (χ1n) is 7.32. The molecule has 0 aromatic heterocycles. The maximum absolute atomic E-state index is 12.8. The van der Waals surface area contributed by atoms with Crippen LogP contribution < -0.4 is 5.32 Å². The van der Waals surface area contributed by atoms with Gasteiger partial charge in [-0.2, -0.15) is 0 Å². The van der Waals surface area contributed by atoms with Crippen LogP contribution in [0.25, 0.3) is 0 Å². The van der Waals surface area contributed by atoms with E-state index in [1.165, 1.54) is 37.8 Å². The number of aliphatic hydroxyl groups is 1. The maximum Gasteiger partial charge on any atom is 0.123 e. The van der Waals surface area contributed by atoms with E-state index in [4.69, 9.17) is 0 Å². The lowest BCUT2D eigenvalue weighted by molar-refractivity contribution is 0.137. The predicted molar refractivity (Wildman–Crippen MR) is 75.4 cm³/mol. The van der Waals surface area contributed by atoms with Crippen molar-refractivity contribution in [3.63, 3.8) is 0 Å². The van der Waals surface area contributed by atoms with Crippen molar-refractivity contribution < 1.29 is 9.50 Å². The molecule has 2 atom stereocenters. The Morgan fingerprint density at radius 1 is 1.26 bits per heavy atom. The van der Waals surface area contributed by atoms with E-state index in [0.717, 1.165) is 12.0 Å². The van der Waals surface area contributed by atoms with Crippen LogP contribution in [-0.4, -0.2) is 17.8 Å². The smallest absolute Gasteiger partial charge is 0.123 e. The van der Waals surface area contributed by atoms with Gasteiger partial charge in [-0.25, -0.2) is 4.39 Å². The number of halogens is 1. The molecule has 1 aromatic rings. The summed E-state index contributed by atoms with van der Waals surface area (Å²) in [6.07, 6.45) is 5.80. The fraction of sp³-hybridized carbons (Fsp3) is 0.625. The SMILES string of the molecule is C[C@H](NCC(O)CC1CCCC1)c1ccc(F)cc1. The molecule has 0 heterocycles. The lowest BCUT2D eigenvalue weighted by atomic mass is 9.99. The van der Waals surface area contributed by atoms with E-state index in [-0.39, 0.29) is 18.0 Å². The largest absolute Gasteiger partial charge is 0.392 e. The first kappa shape index (κ1) is 14.5. The van der Waals surface area contributed by atoms with E-state index in [2.05, 4.69) is 5.32 Å². The molecule has 0 radical (unpaired) electrons. The molecule has 1 aromatic carbocycles. The second-order valence-corrected chi connectivity index (χ2v) is 5.72. The van der Waals surface area contributed by atoms with Crippen LogP contribution in [0.2, 0.25) is 0 Å². The molecule has 0 bridgehead atoms. The highest BCUT2D eigenvalue weighted by Crippen LogP contribution is 2.28. The lowest BCUT2D eigenvalue weighted by Crippen LogP contribution is -2.30. The number of hydrogen-bond donors (Lipinski definition) is 2. The van der Waals surface area contributed by atoms with Gasteiger partial charge in [-0.1, -0.05) is 37.8 Å². The third-order valence-electron chi connectivity index (χ3n) is 4.11. The monoisotopic (exact) mass is 265 g/mol. The van der Waals surface area contributed by atoms with Crippen LogP contribution in [0.3, 0.4) is 0 Å². The minimum absolute atomic E-state index is 0.138. The van der Waals surface area contributed by atoms with Crippen LogP contribution in [0.5, 0.6) is 0 Å². The summed E-state index contributed by atoms with van der Waals surface area (Å²) in [5, 5.41) is 13.3. The molecule has 1 aliphatic carbocycles. The van der Waals surface area contributed by atoms with Gasteiger partial charge in [0.1, 0.15) is 5.82 Å². The van der Waals surface area contributed by atoms with Crippen molar-refractivity contribution in [1.82, 2.24) is 5.32 Å². The second kappa shape index (κ2) is 7.01. The average molecular weight is 265 g/mol. The van der Waals surface area contributed by atoms with E-state index in [1.807, 2.05) is 6.92 Å². The average Bonchev–Trinajstić information content (AvgIpc) is 2.89. The molecule has 0 saturated heterocycles. The molecule has 0 amide bonds. The summed E-state index contributed by atoms with van der Waals surface area (Å²) in [4.78, 5) is 0. The quantitative estimate of drug-likeness (QED) is 0.826. The highest BCUT2D eigenvalue weighted by molar-refractivity contribution is 5.19. The number of benzene rings is 1. The third-order valence-corrected chi connectivity index (χ3v) is 4.11. The van der Waals surface area contributed by atoms with Gasteiger partial charge < -0.3 is 10.4 Å². The summed E-state index contributed by atoms with van der Waals surface area (Å²) < 4.78 is 12.8. The first-order valence-corrected chi connectivity index (χ1v) is 7.32. The molecule has 1 unspecified atom stereocenters. The van der Waals surface area contributed by atoms with Gasteiger partial charge in [0.15, 0.2) is 0 Å². The van der Waals surface area contributed by atoms with Crippen molar-refractivity contribution >= 4 is 0 Å². The molecule has 1 aliphatic rings. The lowest BCUT2D eigenvalue weighted by Gasteiger charge is -2.19. The van der Waals surface area contributed by atoms with Crippen molar-refractivity contribution in [2.75, 3.05) is 6.54 Å².